The highest BCUT2D eigenvalue weighted by Crippen LogP contribution is 2.46. The van der Waals surface area contributed by atoms with Crippen molar-refractivity contribution in [3.05, 3.63) is 83.8 Å². The predicted octanol–water partition coefficient (Wildman–Crippen LogP) is 4.61. The maximum Gasteiger partial charge on any atom is 0.0763 e. The Labute approximate surface area is 193 Å². The first kappa shape index (κ1) is 21.7. The average Bonchev–Trinajstić information content (AvgIpc) is 3.15. The molecule has 2 N–H and O–H groups in total. The van der Waals surface area contributed by atoms with E-state index in [2.05, 4.69) is 101 Å². The van der Waals surface area contributed by atoms with E-state index in [-0.39, 0.29) is 0 Å². The fourth-order valence-electron chi connectivity index (χ4n) is 6.09. The molecular formula is C28H38N4. The molecule has 4 heteroatoms. The van der Waals surface area contributed by atoms with Crippen LogP contribution < -0.4 is 10.6 Å². The van der Waals surface area contributed by atoms with Gasteiger partial charge in [0.05, 0.1) is 12.8 Å². The smallest absolute Gasteiger partial charge is 0.0763 e. The van der Waals surface area contributed by atoms with Crippen LogP contribution in [0.2, 0.25) is 0 Å². The molecule has 1 fully saturated rings. The summed E-state index contributed by atoms with van der Waals surface area (Å²) >= 11 is 0. The van der Waals surface area contributed by atoms with Crippen LogP contribution >= 0.6 is 0 Å². The standard InChI is InChI=1S/C28H38N4/c1-29-28(21-12-5-3-6-13-21)31(2)20-32-25-18-10-9-16-23(25)27-24(17-11-19-26(27)32)30-22-14-7-4-8-15-22/h4-5,7-8,11-12,14,16-19,21-22,24,27-30H,3,6,9-10,13,15,20H2,1-2H3. The van der Waals surface area contributed by atoms with Crippen LogP contribution in [0.5, 0.6) is 0 Å². The van der Waals surface area contributed by atoms with E-state index in [1.165, 1.54) is 36.2 Å². The molecule has 1 heterocycles. The monoisotopic (exact) mass is 430 g/mol. The van der Waals surface area contributed by atoms with E-state index in [9.17, 15) is 0 Å². The number of likely N-dealkylation sites (tertiary alicyclic amines) is 1. The topological polar surface area (TPSA) is 30.5 Å². The van der Waals surface area contributed by atoms with Crippen molar-refractivity contribution in [2.75, 3.05) is 20.8 Å². The lowest BCUT2D eigenvalue weighted by atomic mass is 9.84. The van der Waals surface area contributed by atoms with Crippen molar-refractivity contribution >= 4 is 0 Å². The van der Waals surface area contributed by atoms with E-state index in [4.69, 9.17) is 0 Å². The third-order valence-electron chi connectivity index (χ3n) is 7.58. The molecule has 32 heavy (non-hydrogen) atoms. The zero-order valence-corrected chi connectivity index (χ0v) is 19.6. The van der Waals surface area contributed by atoms with Crippen LogP contribution in [0.25, 0.3) is 0 Å². The molecule has 0 aromatic carbocycles. The van der Waals surface area contributed by atoms with Crippen LogP contribution in [0.15, 0.2) is 83.8 Å². The lowest BCUT2D eigenvalue weighted by Crippen LogP contribution is -2.50. The van der Waals surface area contributed by atoms with E-state index in [1.54, 1.807) is 0 Å². The molecule has 4 nitrogen and oxygen atoms in total. The van der Waals surface area contributed by atoms with Crippen LogP contribution in [0.4, 0.5) is 0 Å². The molecule has 0 amide bonds. The summed E-state index contributed by atoms with van der Waals surface area (Å²) in [6.45, 7) is 0.911. The van der Waals surface area contributed by atoms with Gasteiger partial charge in [0.2, 0.25) is 0 Å². The fraction of sp³-hybridized carbons (Fsp3) is 0.500. The first-order valence-electron chi connectivity index (χ1n) is 12.5. The fourth-order valence-corrected chi connectivity index (χ4v) is 6.09. The summed E-state index contributed by atoms with van der Waals surface area (Å²) in [7, 11) is 4.38. The second kappa shape index (κ2) is 9.78. The minimum Gasteiger partial charge on any atom is -0.331 e. The van der Waals surface area contributed by atoms with Gasteiger partial charge in [0.1, 0.15) is 0 Å². The number of allylic oxidation sites excluding steroid dienone is 8. The van der Waals surface area contributed by atoms with Crippen LogP contribution in [-0.2, 0) is 0 Å². The van der Waals surface area contributed by atoms with E-state index in [1.807, 2.05) is 0 Å². The first-order chi connectivity index (χ1) is 15.8. The first-order valence-corrected chi connectivity index (χ1v) is 12.5. The Balaban J connectivity index is 1.37. The van der Waals surface area contributed by atoms with Crippen LogP contribution in [-0.4, -0.2) is 48.8 Å². The molecule has 5 rings (SSSR count). The van der Waals surface area contributed by atoms with Crippen molar-refractivity contribution in [2.45, 2.75) is 56.8 Å². The quantitative estimate of drug-likeness (QED) is 0.456. The maximum absolute atomic E-state index is 3.93. The third kappa shape index (κ3) is 4.24. The predicted molar refractivity (Wildman–Crippen MR) is 134 cm³/mol. The van der Waals surface area contributed by atoms with Gasteiger partial charge in [0, 0.05) is 35.3 Å². The largest absolute Gasteiger partial charge is 0.331 e. The van der Waals surface area contributed by atoms with Crippen molar-refractivity contribution < 1.29 is 0 Å². The molecule has 0 radical (unpaired) electrons. The molecular weight excluding hydrogens is 392 g/mol. The molecule has 0 saturated carbocycles. The molecule has 170 valence electrons. The number of fused-ring (bicyclic) bond motifs is 3. The Hall–Kier alpha value is -2.14. The highest BCUT2D eigenvalue weighted by atomic mass is 15.4. The highest BCUT2D eigenvalue weighted by Gasteiger charge is 2.43. The number of rotatable bonds is 7. The van der Waals surface area contributed by atoms with Crippen molar-refractivity contribution in [3.63, 3.8) is 0 Å². The van der Waals surface area contributed by atoms with Gasteiger partial charge in [-0.15, -0.1) is 0 Å². The minimum atomic E-state index is 0.334. The lowest BCUT2D eigenvalue weighted by Gasteiger charge is -2.38. The molecule has 4 aliphatic carbocycles. The van der Waals surface area contributed by atoms with Gasteiger partial charge in [0.15, 0.2) is 0 Å². The Morgan fingerprint density at radius 3 is 2.75 bits per heavy atom. The van der Waals surface area contributed by atoms with E-state index >= 15 is 0 Å². The van der Waals surface area contributed by atoms with Gasteiger partial charge in [-0.1, -0.05) is 60.8 Å². The zero-order valence-electron chi connectivity index (χ0n) is 19.6. The zero-order chi connectivity index (χ0) is 21.9. The summed E-state index contributed by atoms with van der Waals surface area (Å²) in [6, 6.07) is 0.745. The summed E-state index contributed by atoms with van der Waals surface area (Å²) in [5, 5.41) is 7.53. The number of nitrogens with zero attached hydrogens (tertiary/aromatic N) is 2. The van der Waals surface area contributed by atoms with Gasteiger partial charge >= 0.3 is 0 Å². The van der Waals surface area contributed by atoms with Gasteiger partial charge in [-0.25, -0.2) is 0 Å². The minimum absolute atomic E-state index is 0.334. The van der Waals surface area contributed by atoms with Gasteiger partial charge in [-0.2, -0.15) is 0 Å². The van der Waals surface area contributed by atoms with Crippen LogP contribution in [0.3, 0.4) is 0 Å². The number of hydrogen-bond donors (Lipinski definition) is 2. The summed E-state index contributed by atoms with van der Waals surface area (Å²) in [5.41, 5.74) is 4.40. The molecule has 0 spiro atoms. The molecule has 0 aromatic heterocycles. The van der Waals surface area contributed by atoms with Gasteiger partial charge < -0.3 is 15.5 Å². The Bertz CT molecular complexity index is 902. The Morgan fingerprint density at radius 2 is 1.97 bits per heavy atom. The molecule has 0 aromatic rings. The van der Waals surface area contributed by atoms with Gasteiger partial charge in [0.25, 0.3) is 0 Å². The molecule has 5 atom stereocenters. The summed E-state index contributed by atoms with van der Waals surface area (Å²) in [4.78, 5) is 5.09. The normalized spacial score (nSPS) is 31.8. The number of nitrogens with one attached hydrogen (secondary N) is 2. The van der Waals surface area contributed by atoms with E-state index < -0.39 is 0 Å². The second-order valence-electron chi connectivity index (χ2n) is 9.71. The van der Waals surface area contributed by atoms with E-state index in [0.29, 0.717) is 30.1 Å². The van der Waals surface area contributed by atoms with Crippen molar-refractivity contribution in [3.8, 4) is 0 Å². The van der Waals surface area contributed by atoms with E-state index in [0.717, 1.165) is 25.9 Å². The van der Waals surface area contributed by atoms with Gasteiger partial charge in [-0.3, -0.25) is 4.90 Å². The van der Waals surface area contributed by atoms with Crippen LogP contribution in [0, 0.1) is 11.8 Å². The van der Waals surface area contributed by atoms with Gasteiger partial charge in [-0.05, 0) is 64.3 Å². The molecule has 1 saturated heterocycles. The third-order valence-corrected chi connectivity index (χ3v) is 7.58. The van der Waals surface area contributed by atoms with Crippen molar-refractivity contribution in [2.24, 2.45) is 11.8 Å². The van der Waals surface area contributed by atoms with Crippen molar-refractivity contribution in [1.82, 2.24) is 20.4 Å². The summed E-state index contributed by atoms with van der Waals surface area (Å²) in [5.74, 6) is 0.982. The number of hydrogen-bond acceptors (Lipinski definition) is 4. The average molecular weight is 431 g/mol. The summed E-state index contributed by atoms with van der Waals surface area (Å²) in [6.07, 6.45) is 33.1. The highest BCUT2D eigenvalue weighted by molar-refractivity contribution is 5.51. The van der Waals surface area contributed by atoms with Crippen LogP contribution in [0.1, 0.15) is 38.5 Å². The maximum atomic E-state index is 3.93. The molecule has 0 bridgehead atoms. The lowest BCUT2D eigenvalue weighted by molar-refractivity contribution is 0.115. The summed E-state index contributed by atoms with van der Waals surface area (Å²) < 4.78 is 0. The molecule has 1 aliphatic heterocycles. The molecule has 5 unspecified atom stereocenters. The van der Waals surface area contributed by atoms with Crippen molar-refractivity contribution in [1.29, 1.82) is 0 Å². The Morgan fingerprint density at radius 1 is 1.06 bits per heavy atom. The SMILES string of the molecule is CNC(C1C=CCCC1)N(C)CN1C2=CCCC=C2C2C1=CC=CC2NC1C=CC=CC1. The Kier molecular flexibility index (Phi) is 6.63. The second-order valence-corrected chi connectivity index (χ2v) is 9.71. The molecule has 5 aliphatic rings.